The summed E-state index contributed by atoms with van der Waals surface area (Å²) in [5, 5.41) is 8.57. The van der Waals surface area contributed by atoms with Crippen LogP contribution >= 0.6 is 11.8 Å². The van der Waals surface area contributed by atoms with Crippen molar-refractivity contribution in [1.82, 2.24) is 4.90 Å². The van der Waals surface area contributed by atoms with Crippen LogP contribution in [0.5, 0.6) is 0 Å². The van der Waals surface area contributed by atoms with Gasteiger partial charge in [0.15, 0.2) is 0 Å². The van der Waals surface area contributed by atoms with Gasteiger partial charge in [-0.15, -0.1) is 0 Å². The number of nitrogens with zero attached hydrogens (tertiary/aromatic N) is 1. The lowest BCUT2D eigenvalue weighted by atomic mass is 10.1. The maximum absolute atomic E-state index is 12.0. The van der Waals surface area contributed by atoms with Gasteiger partial charge in [0.05, 0.1) is 0 Å². The van der Waals surface area contributed by atoms with Crippen LogP contribution in [0.15, 0.2) is 0 Å². The van der Waals surface area contributed by atoms with Crippen molar-refractivity contribution in [2.75, 3.05) is 18.8 Å². The molecule has 0 heterocycles. The number of carbonyl (C=O) groups is 2. The largest absolute Gasteiger partial charge is 0.480 e. The van der Waals surface area contributed by atoms with Crippen molar-refractivity contribution >= 4 is 23.0 Å². The van der Waals surface area contributed by atoms with Crippen molar-refractivity contribution in [1.29, 1.82) is 0 Å². The Morgan fingerprint density at radius 1 is 1.17 bits per heavy atom. The summed E-state index contributed by atoms with van der Waals surface area (Å²) >= 11 is 0.986. The number of rotatable bonds is 7. The Hall–Kier alpha value is -0.750. The molecule has 0 saturated heterocycles. The van der Waals surface area contributed by atoms with Gasteiger partial charge in [0.25, 0.3) is 5.24 Å². The average molecular weight is 276 g/mol. The van der Waals surface area contributed by atoms with Crippen molar-refractivity contribution < 1.29 is 14.7 Å². The summed E-state index contributed by atoms with van der Waals surface area (Å²) in [7, 11) is 0. The topological polar surface area (TPSA) is 83.6 Å². The van der Waals surface area contributed by atoms with E-state index in [9.17, 15) is 9.59 Å². The second-order valence-electron chi connectivity index (χ2n) is 5.21. The number of thioether (sulfide) groups is 1. The normalized spacial score (nSPS) is 12.8. The van der Waals surface area contributed by atoms with E-state index in [1.807, 2.05) is 27.7 Å². The van der Waals surface area contributed by atoms with Crippen molar-refractivity contribution in [2.45, 2.75) is 33.7 Å². The Balaban J connectivity index is 4.32. The molecule has 1 atom stereocenters. The molecule has 0 aromatic heterocycles. The highest BCUT2D eigenvalue weighted by Gasteiger charge is 2.19. The lowest BCUT2D eigenvalue weighted by molar-refractivity contribution is -0.137. The third kappa shape index (κ3) is 7.55. The average Bonchev–Trinajstić information content (AvgIpc) is 2.22. The number of amides is 1. The van der Waals surface area contributed by atoms with Crippen LogP contribution in [0.4, 0.5) is 4.79 Å². The monoisotopic (exact) mass is 276 g/mol. The molecule has 0 radical (unpaired) electrons. The third-order valence-electron chi connectivity index (χ3n) is 2.13. The Morgan fingerprint density at radius 3 is 1.94 bits per heavy atom. The summed E-state index contributed by atoms with van der Waals surface area (Å²) in [5.41, 5.74) is 5.38. The third-order valence-corrected chi connectivity index (χ3v) is 3.16. The van der Waals surface area contributed by atoms with Crippen LogP contribution in [0.3, 0.4) is 0 Å². The van der Waals surface area contributed by atoms with E-state index in [2.05, 4.69) is 0 Å². The first-order valence-corrected chi connectivity index (χ1v) is 7.12. The lowest BCUT2D eigenvalue weighted by Gasteiger charge is -2.26. The highest BCUT2D eigenvalue weighted by atomic mass is 32.2. The molecule has 5 nitrogen and oxygen atoms in total. The van der Waals surface area contributed by atoms with E-state index in [-0.39, 0.29) is 11.0 Å². The molecule has 18 heavy (non-hydrogen) atoms. The summed E-state index contributed by atoms with van der Waals surface area (Å²) in [5.74, 6) is -0.182. The Labute approximate surface area is 113 Å². The van der Waals surface area contributed by atoms with Crippen molar-refractivity contribution in [2.24, 2.45) is 17.6 Å². The predicted octanol–water partition coefficient (Wildman–Crippen LogP) is 1.87. The molecule has 0 aliphatic heterocycles. The molecular weight excluding hydrogens is 252 g/mol. The van der Waals surface area contributed by atoms with Gasteiger partial charge in [-0.05, 0) is 11.8 Å². The number of aliphatic carboxylic acids is 1. The second kappa shape index (κ2) is 8.37. The SMILES string of the molecule is CC(C)CN(CC(C)C)C(=O)SC[C@H](N)C(=O)O. The summed E-state index contributed by atoms with van der Waals surface area (Å²) in [4.78, 5) is 24.3. The second-order valence-corrected chi connectivity index (χ2v) is 6.19. The van der Waals surface area contributed by atoms with E-state index in [0.717, 1.165) is 11.8 Å². The van der Waals surface area contributed by atoms with Crippen LogP contribution in [0, 0.1) is 11.8 Å². The summed E-state index contributed by atoms with van der Waals surface area (Å²) < 4.78 is 0. The van der Waals surface area contributed by atoms with Crippen molar-refractivity contribution in [3.8, 4) is 0 Å². The molecule has 0 aromatic carbocycles. The Kier molecular flexibility index (Phi) is 8.02. The molecule has 0 rings (SSSR count). The standard InChI is InChI=1S/C12H24N2O3S/c1-8(2)5-14(6-9(3)4)12(17)18-7-10(13)11(15)16/h8-10H,5-7,13H2,1-4H3,(H,15,16)/t10-/m0/s1. The van der Waals surface area contributed by atoms with Gasteiger partial charge in [0.1, 0.15) is 6.04 Å². The molecule has 0 fully saturated rings. The number of hydrogen-bond donors (Lipinski definition) is 2. The zero-order chi connectivity index (χ0) is 14.3. The smallest absolute Gasteiger partial charge is 0.321 e. The first kappa shape index (κ1) is 17.2. The van der Waals surface area contributed by atoms with E-state index < -0.39 is 12.0 Å². The fourth-order valence-electron chi connectivity index (χ4n) is 1.43. The van der Waals surface area contributed by atoms with Crippen LogP contribution < -0.4 is 5.73 Å². The van der Waals surface area contributed by atoms with Gasteiger partial charge >= 0.3 is 5.97 Å². The van der Waals surface area contributed by atoms with Crippen LogP contribution in [0.2, 0.25) is 0 Å². The molecule has 0 unspecified atom stereocenters. The molecule has 0 aliphatic rings. The molecule has 0 bridgehead atoms. The van der Waals surface area contributed by atoms with E-state index in [4.69, 9.17) is 10.8 Å². The van der Waals surface area contributed by atoms with Gasteiger partial charge in [-0.25, -0.2) is 0 Å². The fourth-order valence-corrected chi connectivity index (χ4v) is 2.23. The number of hydrogen-bond acceptors (Lipinski definition) is 4. The minimum atomic E-state index is -1.07. The van der Waals surface area contributed by atoms with Crippen LogP contribution in [0.1, 0.15) is 27.7 Å². The lowest BCUT2D eigenvalue weighted by Crippen LogP contribution is -2.37. The van der Waals surface area contributed by atoms with Gasteiger partial charge < -0.3 is 15.7 Å². The Morgan fingerprint density at radius 2 is 1.61 bits per heavy atom. The first-order chi connectivity index (χ1) is 8.23. The van der Waals surface area contributed by atoms with Gasteiger partial charge in [-0.2, -0.15) is 0 Å². The van der Waals surface area contributed by atoms with Crippen molar-refractivity contribution in [3.63, 3.8) is 0 Å². The van der Waals surface area contributed by atoms with E-state index >= 15 is 0 Å². The highest BCUT2D eigenvalue weighted by Crippen LogP contribution is 2.14. The van der Waals surface area contributed by atoms with E-state index in [1.54, 1.807) is 4.90 Å². The van der Waals surface area contributed by atoms with E-state index in [0.29, 0.717) is 24.9 Å². The molecule has 3 N–H and O–H groups in total. The molecular formula is C12H24N2O3S. The van der Waals surface area contributed by atoms with E-state index in [1.165, 1.54) is 0 Å². The number of nitrogens with two attached hydrogens (primary N) is 1. The molecule has 6 heteroatoms. The van der Waals surface area contributed by atoms with Gasteiger partial charge in [-0.1, -0.05) is 39.5 Å². The molecule has 0 aliphatic carbocycles. The van der Waals surface area contributed by atoms with Crippen LogP contribution in [-0.4, -0.2) is 46.1 Å². The molecule has 0 saturated carbocycles. The van der Waals surface area contributed by atoms with Gasteiger partial charge in [0, 0.05) is 18.8 Å². The summed E-state index contributed by atoms with van der Waals surface area (Å²) in [6.45, 7) is 9.57. The van der Waals surface area contributed by atoms with Crippen molar-refractivity contribution in [3.05, 3.63) is 0 Å². The maximum Gasteiger partial charge on any atom is 0.321 e. The van der Waals surface area contributed by atoms with Gasteiger partial charge in [-0.3, -0.25) is 9.59 Å². The minimum absolute atomic E-state index is 0.0888. The zero-order valence-corrected chi connectivity index (χ0v) is 12.4. The number of carbonyl (C=O) groups excluding carboxylic acids is 1. The molecule has 106 valence electrons. The predicted molar refractivity (Wildman–Crippen MR) is 74.7 cm³/mol. The fraction of sp³-hybridized carbons (Fsp3) is 0.833. The molecule has 0 aromatic rings. The van der Waals surface area contributed by atoms with Crippen LogP contribution in [-0.2, 0) is 4.79 Å². The highest BCUT2D eigenvalue weighted by molar-refractivity contribution is 8.13. The first-order valence-electron chi connectivity index (χ1n) is 6.14. The van der Waals surface area contributed by atoms with Crippen LogP contribution in [0.25, 0.3) is 0 Å². The summed E-state index contributed by atoms with van der Waals surface area (Å²) in [6, 6.07) is -0.987. The molecule has 0 spiro atoms. The minimum Gasteiger partial charge on any atom is -0.480 e. The Bertz CT molecular complexity index is 272. The summed E-state index contributed by atoms with van der Waals surface area (Å²) in [6.07, 6.45) is 0. The number of carboxylic acids is 1. The quantitative estimate of drug-likeness (QED) is 0.741. The number of carboxylic acid groups (broad SMARTS) is 1. The zero-order valence-electron chi connectivity index (χ0n) is 11.5. The molecule has 1 amide bonds. The van der Waals surface area contributed by atoms with Gasteiger partial charge in [0.2, 0.25) is 0 Å². The maximum atomic E-state index is 12.0.